The molecule has 0 aromatic rings. The third kappa shape index (κ3) is 25.0. The predicted molar refractivity (Wildman–Crippen MR) is 53.9 cm³/mol. The summed E-state index contributed by atoms with van der Waals surface area (Å²) in [4.78, 5) is 13.3. The van der Waals surface area contributed by atoms with E-state index >= 15 is 0 Å². The Morgan fingerprint density at radius 1 is 1.35 bits per heavy atom. The summed E-state index contributed by atoms with van der Waals surface area (Å²) < 4.78 is 9.63. The molecule has 10 nitrogen and oxygen atoms in total. The normalized spacial score (nSPS) is 10.4. The number of carboxylic acid groups (broad SMARTS) is 2. The van der Waals surface area contributed by atoms with E-state index in [0.717, 1.165) is 0 Å². The van der Waals surface area contributed by atoms with Crippen LogP contribution in [0.2, 0.25) is 0 Å². The first-order valence-electron chi connectivity index (χ1n) is 4.64. The van der Waals surface area contributed by atoms with E-state index in [-0.39, 0.29) is 18.6 Å². The Kier molecular flexibility index (Phi) is 15.0. The van der Waals surface area contributed by atoms with Crippen LogP contribution in [-0.2, 0) is 14.3 Å². The van der Waals surface area contributed by atoms with E-state index in [1.807, 2.05) is 12.5 Å². The summed E-state index contributed by atoms with van der Waals surface area (Å²) in [5.74, 6) is 0. The quantitative estimate of drug-likeness (QED) is 0.188. The van der Waals surface area contributed by atoms with E-state index in [9.17, 15) is 5.21 Å². The number of hydrogen-bond acceptors (Lipinski definition) is 6. The van der Waals surface area contributed by atoms with Gasteiger partial charge in [-0.1, -0.05) is 0 Å². The van der Waals surface area contributed by atoms with Crippen molar-refractivity contribution in [1.29, 1.82) is 0 Å². The van der Waals surface area contributed by atoms with E-state index in [1.54, 1.807) is 6.92 Å². The molecule has 0 amide bonds. The molecule has 0 aliphatic heterocycles. The molecule has 0 unspecified atom stereocenters. The minimum atomic E-state index is -1.83. The van der Waals surface area contributed by atoms with Gasteiger partial charge >= 0.3 is 6.16 Å². The largest absolute Gasteiger partial charge is 0.570 e. The summed E-state index contributed by atoms with van der Waals surface area (Å²) in [5, 5.41) is 27.9. The Morgan fingerprint density at radius 3 is 2.41 bits per heavy atom. The van der Waals surface area contributed by atoms with Gasteiger partial charge in [0.2, 0.25) is 0 Å². The molecule has 0 bridgehead atoms. The van der Waals surface area contributed by atoms with Gasteiger partial charge in [0.1, 0.15) is 13.3 Å². The molecule has 0 saturated carbocycles. The molecular weight excluding hydrogens is 238 g/mol. The SMILES string of the molecule is CCN=[N+]([O-])NOCOCOCC.O=C(O)O. The molecule has 0 aromatic carbocycles. The maximum Gasteiger partial charge on any atom is 0.503 e. The van der Waals surface area contributed by atoms with Gasteiger partial charge in [-0.05, 0) is 19.4 Å². The van der Waals surface area contributed by atoms with Crippen LogP contribution >= 0.6 is 0 Å². The fourth-order valence-corrected chi connectivity index (χ4v) is 0.457. The van der Waals surface area contributed by atoms with E-state index in [2.05, 4.69) is 9.95 Å². The van der Waals surface area contributed by atoms with Crippen molar-refractivity contribution in [3.05, 3.63) is 5.21 Å². The van der Waals surface area contributed by atoms with Crippen molar-refractivity contribution in [2.75, 3.05) is 26.7 Å². The summed E-state index contributed by atoms with van der Waals surface area (Å²) in [7, 11) is 0. The summed E-state index contributed by atoms with van der Waals surface area (Å²) in [6.07, 6.45) is -1.83. The molecule has 102 valence electrons. The standard InChI is InChI=1S/C6H15N3O4.CH2O3/c1-3-7-9(10)8-13-6-12-5-11-4-2;2-1(3)4/h3-6H2,1-2H3,(H,7,8);(H2,2,3,4). The Hall–Kier alpha value is -1.65. The molecule has 17 heavy (non-hydrogen) atoms. The Balaban J connectivity index is 0. The fourth-order valence-electron chi connectivity index (χ4n) is 0.457. The molecule has 0 aromatic heterocycles. The molecule has 0 atom stereocenters. The molecule has 0 spiro atoms. The lowest BCUT2D eigenvalue weighted by Gasteiger charge is -2.04. The number of rotatable bonds is 8. The zero-order valence-electron chi connectivity index (χ0n) is 9.66. The Labute approximate surface area is 97.9 Å². The van der Waals surface area contributed by atoms with Gasteiger partial charge in [-0.15, -0.1) is 0 Å². The van der Waals surface area contributed by atoms with Crippen LogP contribution in [0.25, 0.3) is 0 Å². The van der Waals surface area contributed by atoms with Crippen LogP contribution in [0.15, 0.2) is 5.11 Å². The summed E-state index contributed by atoms with van der Waals surface area (Å²) in [5.41, 5.74) is 1.99. The molecule has 3 N–H and O–H groups in total. The lowest BCUT2D eigenvalue weighted by atomic mass is 10.8. The number of carbonyl (C=O) groups is 1. The highest BCUT2D eigenvalue weighted by molar-refractivity contribution is 5.53. The second kappa shape index (κ2) is 14.3. The first-order valence-corrected chi connectivity index (χ1v) is 4.64. The maximum absolute atomic E-state index is 10.6. The van der Waals surface area contributed by atoms with Crippen LogP contribution in [-0.4, -0.2) is 48.1 Å². The van der Waals surface area contributed by atoms with Crippen molar-refractivity contribution in [3.8, 4) is 0 Å². The molecule has 0 aliphatic rings. The van der Waals surface area contributed by atoms with Crippen LogP contribution in [0.4, 0.5) is 4.79 Å². The van der Waals surface area contributed by atoms with Crippen molar-refractivity contribution in [2.45, 2.75) is 13.8 Å². The fraction of sp³-hybridized carbons (Fsp3) is 0.857. The van der Waals surface area contributed by atoms with Crippen molar-refractivity contribution >= 4 is 6.16 Å². The van der Waals surface area contributed by atoms with Crippen molar-refractivity contribution < 1.29 is 34.3 Å². The average molecular weight is 255 g/mol. The van der Waals surface area contributed by atoms with Crippen molar-refractivity contribution in [3.63, 3.8) is 0 Å². The molecule has 10 heteroatoms. The van der Waals surface area contributed by atoms with E-state index in [0.29, 0.717) is 13.2 Å². The van der Waals surface area contributed by atoms with E-state index in [4.69, 9.17) is 24.5 Å². The van der Waals surface area contributed by atoms with Crippen molar-refractivity contribution in [2.24, 2.45) is 5.11 Å². The van der Waals surface area contributed by atoms with Gasteiger partial charge in [0.25, 0.3) is 0 Å². The molecular formula is C7H17N3O7. The molecule has 0 fully saturated rings. The van der Waals surface area contributed by atoms with Crippen LogP contribution < -0.4 is 5.59 Å². The van der Waals surface area contributed by atoms with Crippen LogP contribution in [0.1, 0.15) is 13.8 Å². The Bertz CT molecular complexity index is 208. The summed E-state index contributed by atoms with van der Waals surface area (Å²) >= 11 is 0. The highest BCUT2D eigenvalue weighted by atomic mass is 16.8. The van der Waals surface area contributed by atoms with Crippen molar-refractivity contribution in [1.82, 2.24) is 5.59 Å². The van der Waals surface area contributed by atoms with Gasteiger partial charge in [-0.25, -0.2) is 4.79 Å². The zero-order valence-corrected chi connectivity index (χ0v) is 9.66. The highest BCUT2D eigenvalue weighted by Crippen LogP contribution is 1.78. The highest BCUT2D eigenvalue weighted by Gasteiger charge is 1.91. The van der Waals surface area contributed by atoms with E-state index < -0.39 is 6.16 Å². The molecule has 0 radical (unpaired) electrons. The number of hydrogen-bond donors (Lipinski definition) is 3. The smallest absolute Gasteiger partial charge is 0.503 e. The number of ether oxygens (including phenoxy) is 2. The van der Waals surface area contributed by atoms with Crippen LogP contribution in [0.3, 0.4) is 0 Å². The third-order valence-electron chi connectivity index (χ3n) is 0.926. The van der Waals surface area contributed by atoms with Crippen LogP contribution in [0, 0.1) is 5.21 Å². The maximum atomic E-state index is 10.6. The molecule has 0 aliphatic carbocycles. The minimum absolute atomic E-state index is 0.0715. The summed E-state index contributed by atoms with van der Waals surface area (Å²) in [6.45, 7) is 4.62. The van der Waals surface area contributed by atoms with Gasteiger partial charge in [0.05, 0.1) is 4.97 Å². The second-order valence-electron chi connectivity index (χ2n) is 2.18. The lowest BCUT2D eigenvalue weighted by Crippen LogP contribution is -2.24. The first kappa shape index (κ1) is 17.7. The number of hydrazine groups is 1. The Morgan fingerprint density at radius 2 is 1.94 bits per heavy atom. The third-order valence-corrected chi connectivity index (χ3v) is 0.926. The van der Waals surface area contributed by atoms with E-state index in [1.165, 1.54) is 0 Å². The van der Waals surface area contributed by atoms with Gasteiger partial charge in [-0.2, -0.15) is 4.84 Å². The average Bonchev–Trinajstić information content (AvgIpc) is 2.23. The predicted octanol–water partition coefficient (Wildman–Crippen LogP) is 0.596. The monoisotopic (exact) mass is 255 g/mol. The molecule has 0 saturated heterocycles. The number of nitrogens with one attached hydrogen (secondary N) is 1. The topological polar surface area (TPSA) is 136 Å². The van der Waals surface area contributed by atoms with Gasteiger partial charge in [-0.3, -0.25) is 0 Å². The van der Waals surface area contributed by atoms with Gasteiger partial charge in [0, 0.05) is 11.7 Å². The lowest BCUT2D eigenvalue weighted by molar-refractivity contribution is -0.649. The first-order chi connectivity index (χ1) is 8.04. The van der Waals surface area contributed by atoms with Gasteiger partial charge < -0.3 is 24.9 Å². The summed E-state index contributed by atoms with van der Waals surface area (Å²) in [6, 6.07) is 0. The molecule has 0 rings (SSSR count). The minimum Gasteiger partial charge on any atom is -0.570 e. The van der Waals surface area contributed by atoms with Crippen LogP contribution in [0.5, 0.6) is 0 Å². The zero-order chi connectivity index (χ0) is 13.5. The molecule has 0 heterocycles. The number of nitrogens with zero attached hydrogens (tertiary/aromatic N) is 2. The second-order valence-corrected chi connectivity index (χ2v) is 2.18. The van der Waals surface area contributed by atoms with Gasteiger partial charge in [0.15, 0.2) is 6.79 Å².